The van der Waals surface area contributed by atoms with Gasteiger partial charge in [0.15, 0.2) is 5.65 Å². The van der Waals surface area contributed by atoms with Crippen molar-refractivity contribution in [3.63, 3.8) is 0 Å². The van der Waals surface area contributed by atoms with Gasteiger partial charge in [-0.3, -0.25) is 4.40 Å². The summed E-state index contributed by atoms with van der Waals surface area (Å²) in [4.78, 5) is 4.08. The number of fused-ring (bicyclic) bond motifs is 1. The Kier molecular flexibility index (Phi) is 1.24. The largest absolute Gasteiger partial charge is 0.297 e. The van der Waals surface area contributed by atoms with Gasteiger partial charge < -0.3 is 0 Å². The second kappa shape index (κ2) is 2.09. The van der Waals surface area contributed by atoms with Crippen LogP contribution in [0, 0.1) is 6.20 Å². The first-order chi connectivity index (χ1) is 4.88. The Morgan fingerprint density at radius 2 is 2.50 bits per heavy atom. The summed E-state index contributed by atoms with van der Waals surface area (Å²) in [5.74, 6) is 0. The summed E-state index contributed by atoms with van der Waals surface area (Å²) in [6.45, 7) is 0. The molecule has 0 aliphatic rings. The van der Waals surface area contributed by atoms with Gasteiger partial charge >= 0.3 is 0 Å². The number of hydrogen-bond acceptors (Lipinski definition) is 1. The predicted molar refractivity (Wildman–Crippen MR) is 41.7 cm³/mol. The van der Waals surface area contributed by atoms with E-state index in [1.54, 1.807) is 6.20 Å². The van der Waals surface area contributed by atoms with Gasteiger partial charge in [0.1, 0.15) is 0 Å². The highest BCUT2D eigenvalue weighted by Crippen LogP contribution is 2.14. The van der Waals surface area contributed by atoms with Crippen LogP contribution in [-0.2, 0) is 0 Å². The molecule has 0 aliphatic carbocycles. The molecule has 1 radical (unpaired) electrons. The van der Waals surface area contributed by atoms with Crippen LogP contribution in [-0.4, -0.2) is 9.38 Å². The lowest BCUT2D eigenvalue weighted by molar-refractivity contribution is 1.17. The van der Waals surface area contributed by atoms with Crippen molar-refractivity contribution in [3.05, 3.63) is 35.2 Å². The zero-order valence-corrected chi connectivity index (χ0v) is 6.67. The van der Waals surface area contributed by atoms with E-state index < -0.39 is 0 Å². The van der Waals surface area contributed by atoms with E-state index in [0.29, 0.717) is 0 Å². The molecule has 2 rings (SSSR count). The smallest absolute Gasteiger partial charge is 0.151 e. The second-order valence-electron chi connectivity index (χ2n) is 1.94. The summed E-state index contributed by atoms with van der Waals surface area (Å²) in [5, 5.41) is 0. The van der Waals surface area contributed by atoms with Gasteiger partial charge in [0.05, 0.1) is 16.9 Å². The topological polar surface area (TPSA) is 17.3 Å². The van der Waals surface area contributed by atoms with E-state index in [-0.39, 0.29) is 0 Å². The van der Waals surface area contributed by atoms with Crippen LogP contribution in [0.4, 0.5) is 0 Å². The Morgan fingerprint density at radius 1 is 1.60 bits per heavy atom. The molecule has 0 spiro atoms. The molecule has 0 atom stereocenters. The first-order valence-corrected chi connectivity index (χ1v) is 3.66. The molecule has 0 unspecified atom stereocenters. The molecule has 0 saturated heterocycles. The first kappa shape index (κ1) is 5.92. The molecule has 49 valence electrons. The molecule has 0 aliphatic heterocycles. The zero-order valence-electron chi connectivity index (χ0n) is 5.08. The molecule has 2 nitrogen and oxygen atoms in total. The number of aromatic nitrogens is 2. The van der Waals surface area contributed by atoms with Gasteiger partial charge in [-0.15, -0.1) is 0 Å². The van der Waals surface area contributed by atoms with E-state index in [4.69, 9.17) is 0 Å². The van der Waals surface area contributed by atoms with Gasteiger partial charge in [0.2, 0.25) is 0 Å². The highest BCUT2D eigenvalue weighted by molar-refractivity contribution is 9.10. The van der Waals surface area contributed by atoms with Crippen LogP contribution in [0.25, 0.3) is 5.65 Å². The quantitative estimate of drug-likeness (QED) is 0.628. The molecular weight excluding hydrogens is 192 g/mol. The lowest BCUT2D eigenvalue weighted by atomic mass is 10.5. The van der Waals surface area contributed by atoms with Gasteiger partial charge in [-0.05, 0) is 28.1 Å². The van der Waals surface area contributed by atoms with Crippen LogP contribution < -0.4 is 0 Å². The van der Waals surface area contributed by atoms with Gasteiger partial charge in [-0.25, -0.2) is 4.98 Å². The van der Waals surface area contributed by atoms with E-state index in [1.807, 2.05) is 22.7 Å². The number of hydrogen-bond donors (Lipinski definition) is 0. The van der Waals surface area contributed by atoms with Gasteiger partial charge in [-0.2, -0.15) is 0 Å². The van der Waals surface area contributed by atoms with Crippen LogP contribution in [0.1, 0.15) is 0 Å². The van der Waals surface area contributed by atoms with Crippen molar-refractivity contribution in [1.29, 1.82) is 0 Å². The molecule has 0 bridgehead atoms. The molecule has 0 N–H and O–H groups in total. The molecule has 2 heterocycles. The van der Waals surface area contributed by atoms with Crippen molar-refractivity contribution in [2.75, 3.05) is 0 Å². The number of halogens is 1. The lowest BCUT2D eigenvalue weighted by Crippen LogP contribution is -1.81. The van der Waals surface area contributed by atoms with E-state index in [2.05, 4.69) is 27.1 Å². The Balaban J connectivity index is 2.95. The molecule has 0 aromatic carbocycles. The fourth-order valence-electron chi connectivity index (χ4n) is 0.854. The maximum absolute atomic E-state index is 4.08. The Bertz CT molecular complexity index is 353. The third kappa shape index (κ3) is 0.743. The van der Waals surface area contributed by atoms with E-state index in [1.165, 1.54) is 0 Å². The standard InChI is InChI=1S/C7H4BrN2/c8-6-2-1-4-10-5-3-9-7(6)10/h1-4H. The summed E-state index contributed by atoms with van der Waals surface area (Å²) in [7, 11) is 0. The summed E-state index contributed by atoms with van der Waals surface area (Å²) < 4.78 is 2.83. The molecular formula is C7H4BrN2. The van der Waals surface area contributed by atoms with Gasteiger partial charge in [-0.1, -0.05) is 0 Å². The normalized spacial score (nSPS) is 10.5. The number of nitrogens with zero attached hydrogens (tertiary/aromatic N) is 2. The Hall–Kier alpha value is -0.830. The highest BCUT2D eigenvalue weighted by atomic mass is 79.9. The fourth-order valence-corrected chi connectivity index (χ4v) is 1.30. The maximum atomic E-state index is 4.08. The van der Waals surface area contributed by atoms with E-state index in [0.717, 1.165) is 10.1 Å². The SMILES string of the molecule is Brc1cccn2[c]cnc12. The van der Waals surface area contributed by atoms with Crippen LogP contribution >= 0.6 is 15.9 Å². The average molecular weight is 196 g/mol. The Labute approximate surface area is 66.6 Å². The third-order valence-electron chi connectivity index (χ3n) is 1.30. The molecule has 0 fully saturated rings. The molecule has 0 saturated carbocycles. The molecule has 2 aromatic rings. The summed E-state index contributed by atoms with van der Waals surface area (Å²) >= 11 is 3.37. The fraction of sp³-hybridized carbons (Fsp3) is 0. The molecule has 10 heavy (non-hydrogen) atoms. The number of rotatable bonds is 0. The molecule has 0 amide bonds. The first-order valence-electron chi connectivity index (χ1n) is 2.87. The van der Waals surface area contributed by atoms with E-state index >= 15 is 0 Å². The minimum absolute atomic E-state index is 0.905. The van der Waals surface area contributed by atoms with Crippen LogP contribution in [0.5, 0.6) is 0 Å². The van der Waals surface area contributed by atoms with Crippen LogP contribution in [0.2, 0.25) is 0 Å². The van der Waals surface area contributed by atoms with E-state index in [9.17, 15) is 0 Å². The lowest BCUT2D eigenvalue weighted by Gasteiger charge is -1.92. The molecule has 2 aromatic heterocycles. The maximum Gasteiger partial charge on any atom is 0.151 e. The minimum atomic E-state index is 0.905. The van der Waals surface area contributed by atoms with Crippen molar-refractivity contribution < 1.29 is 0 Å². The van der Waals surface area contributed by atoms with Gasteiger partial charge in [0, 0.05) is 6.20 Å². The van der Waals surface area contributed by atoms with Crippen molar-refractivity contribution in [3.8, 4) is 0 Å². The third-order valence-corrected chi connectivity index (χ3v) is 1.92. The zero-order chi connectivity index (χ0) is 6.97. The number of pyridine rings is 1. The van der Waals surface area contributed by atoms with Gasteiger partial charge in [0.25, 0.3) is 0 Å². The molecule has 3 heteroatoms. The average Bonchev–Trinajstić information content (AvgIpc) is 2.36. The van der Waals surface area contributed by atoms with Crippen molar-refractivity contribution in [2.45, 2.75) is 0 Å². The summed E-state index contributed by atoms with van der Waals surface area (Å²) in [5.41, 5.74) is 0.905. The van der Waals surface area contributed by atoms with Crippen LogP contribution in [0.15, 0.2) is 29.0 Å². The van der Waals surface area contributed by atoms with Crippen LogP contribution in [0.3, 0.4) is 0 Å². The highest BCUT2D eigenvalue weighted by Gasteiger charge is 1.95. The van der Waals surface area contributed by atoms with Crippen molar-refractivity contribution in [1.82, 2.24) is 9.38 Å². The number of imidazole rings is 1. The van der Waals surface area contributed by atoms with Crippen molar-refractivity contribution in [2.24, 2.45) is 0 Å². The predicted octanol–water partition coefficient (Wildman–Crippen LogP) is 1.90. The Morgan fingerprint density at radius 3 is 3.30 bits per heavy atom. The monoisotopic (exact) mass is 195 g/mol. The summed E-state index contributed by atoms with van der Waals surface area (Å²) in [6.07, 6.45) is 6.50. The summed E-state index contributed by atoms with van der Waals surface area (Å²) in [6, 6.07) is 3.89. The van der Waals surface area contributed by atoms with Crippen molar-refractivity contribution >= 4 is 21.6 Å². The minimum Gasteiger partial charge on any atom is -0.297 e. The second-order valence-corrected chi connectivity index (χ2v) is 2.79.